The second-order valence-electron chi connectivity index (χ2n) is 7.67. The Balaban J connectivity index is 0.000000181. The second-order valence-corrected chi connectivity index (χ2v) is 10.1. The van der Waals surface area contributed by atoms with Crippen molar-refractivity contribution in [1.29, 1.82) is 0 Å². The van der Waals surface area contributed by atoms with Gasteiger partial charge < -0.3 is 9.47 Å². The first kappa shape index (κ1) is 24.9. The van der Waals surface area contributed by atoms with Crippen molar-refractivity contribution in [3.05, 3.63) is 62.2 Å². The van der Waals surface area contributed by atoms with Crippen LogP contribution in [0.25, 0.3) is 0 Å². The number of nitrogens with zero attached hydrogens (tertiary/aromatic N) is 4. The maximum atomic E-state index is 5.50. The van der Waals surface area contributed by atoms with Crippen LogP contribution in [-0.2, 0) is 9.47 Å². The van der Waals surface area contributed by atoms with Gasteiger partial charge in [-0.25, -0.2) is 19.9 Å². The second kappa shape index (κ2) is 14.4. The van der Waals surface area contributed by atoms with Crippen LogP contribution >= 0.6 is 23.5 Å². The highest BCUT2D eigenvalue weighted by Gasteiger charge is 2.27. The van der Waals surface area contributed by atoms with Crippen molar-refractivity contribution >= 4 is 23.5 Å². The Kier molecular flexibility index (Phi) is 11.2. The number of allylic oxidation sites excluding steroid dienone is 2. The van der Waals surface area contributed by atoms with E-state index in [2.05, 4.69) is 33.1 Å². The number of ether oxygens (including phenoxy) is 2. The molecule has 0 amide bonds. The summed E-state index contributed by atoms with van der Waals surface area (Å²) in [5, 5.41) is 2.83. The molecule has 2 fully saturated rings. The van der Waals surface area contributed by atoms with E-state index in [1.165, 1.54) is 0 Å². The van der Waals surface area contributed by atoms with E-state index in [0.717, 1.165) is 62.4 Å². The molecule has 2 saturated heterocycles. The molecule has 32 heavy (non-hydrogen) atoms. The van der Waals surface area contributed by atoms with Gasteiger partial charge in [0.2, 0.25) is 0 Å². The SMILES string of the molecule is C=CC[C@@H]1COCC[C@H]1Sc1ncccn1.C=CC[C@H]1COCC[C@@H]1Sc1ncccn1. The van der Waals surface area contributed by atoms with Crippen molar-refractivity contribution in [1.82, 2.24) is 19.9 Å². The standard InChI is InChI=1S/2C12H16N2OS/c2*1-2-4-10-9-15-8-5-11(10)16-12-13-6-3-7-14-12/h2*2-3,6-7,10-11H,1,4-5,8-9H2/t2*10-,11-/m10/s1. The highest BCUT2D eigenvalue weighted by Crippen LogP contribution is 2.33. The molecule has 2 aromatic heterocycles. The van der Waals surface area contributed by atoms with Gasteiger partial charge in [-0.1, -0.05) is 35.7 Å². The van der Waals surface area contributed by atoms with Crippen molar-refractivity contribution < 1.29 is 9.47 Å². The van der Waals surface area contributed by atoms with Gasteiger partial charge in [-0.15, -0.1) is 13.2 Å². The molecule has 0 spiro atoms. The summed E-state index contributed by atoms with van der Waals surface area (Å²) < 4.78 is 11.0. The van der Waals surface area contributed by atoms with Crippen LogP contribution in [0.5, 0.6) is 0 Å². The van der Waals surface area contributed by atoms with Crippen molar-refractivity contribution in [3.8, 4) is 0 Å². The van der Waals surface area contributed by atoms with Crippen LogP contribution in [0.3, 0.4) is 0 Å². The lowest BCUT2D eigenvalue weighted by atomic mass is 9.98. The third-order valence-electron chi connectivity index (χ3n) is 5.35. The van der Waals surface area contributed by atoms with Gasteiger partial charge >= 0.3 is 0 Å². The van der Waals surface area contributed by atoms with Gasteiger partial charge in [0.05, 0.1) is 13.2 Å². The maximum Gasteiger partial charge on any atom is 0.187 e. The first-order valence-corrected chi connectivity index (χ1v) is 12.8. The molecule has 8 heteroatoms. The van der Waals surface area contributed by atoms with Crippen LogP contribution in [0, 0.1) is 11.8 Å². The minimum absolute atomic E-state index is 0.542. The first-order valence-electron chi connectivity index (χ1n) is 11.0. The summed E-state index contributed by atoms with van der Waals surface area (Å²) in [6, 6.07) is 3.69. The molecular weight excluding hydrogens is 440 g/mol. The Morgan fingerprint density at radius 3 is 1.53 bits per heavy atom. The van der Waals surface area contributed by atoms with E-state index in [-0.39, 0.29) is 0 Å². The predicted molar refractivity (Wildman–Crippen MR) is 131 cm³/mol. The molecule has 0 bridgehead atoms. The fourth-order valence-corrected chi connectivity index (χ4v) is 5.92. The van der Waals surface area contributed by atoms with Crippen LogP contribution in [-0.4, -0.2) is 56.9 Å². The van der Waals surface area contributed by atoms with Crippen LogP contribution in [0.2, 0.25) is 0 Å². The molecule has 172 valence electrons. The molecule has 0 aromatic carbocycles. The highest BCUT2D eigenvalue weighted by molar-refractivity contribution is 8.00. The Labute approximate surface area is 199 Å². The van der Waals surface area contributed by atoms with Gasteiger partial charge in [0, 0.05) is 48.5 Å². The summed E-state index contributed by atoms with van der Waals surface area (Å²) >= 11 is 3.53. The van der Waals surface area contributed by atoms with Crippen LogP contribution in [0.15, 0.2) is 72.5 Å². The zero-order valence-corrected chi connectivity index (χ0v) is 20.1. The fraction of sp³-hybridized carbons (Fsp3) is 0.500. The fourth-order valence-electron chi connectivity index (χ4n) is 3.70. The Bertz CT molecular complexity index is 730. The molecule has 2 aliphatic rings. The number of thioether (sulfide) groups is 2. The third kappa shape index (κ3) is 8.31. The molecule has 4 rings (SSSR count). The van der Waals surface area contributed by atoms with E-state index < -0.39 is 0 Å². The Morgan fingerprint density at radius 1 is 0.750 bits per heavy atom. The summed E-state index contributed by atoms with van der Waals surface area (Å²) in [5.41, 5.74) is 0. The summed E-state index contributed by atoms with van der Waals surface area (Å²) in [5.74, 6) is 1.08. The normalized spacial score (nSPS) is 25.2. The highest BCUT2D eigenvalue weighted by atomic mass is 32.2. The first-order chi connectivity index (χ1) is 15.8. The van der Waals surface area contributed by atoms with E-state index in [1.807, 2.05) is 24.3 Å². The van der Waals surface area contributed by atoms with Gasteiger partial charge in [0.25, 0.3) is 0 Å². The van der Waals surface area contributed by atoms with Crippen LogP contribution in [0.1, 0.15) is 25.7 Å². The monoisotopic (exact) mass is 472 g/mol. The summed E-state index contributed by atoms with van der Waals surface area (Å²) in [6.45, 7) is 11.0. The lowest BCUT2D eigenvalue weighted by Crippen LogP contribution is -2.29. The molecule has 4 heterocycles. The minimum atomic E-state index is 0.542. The van der Waals surface area contributed by atoms with E-state index >= 15 is 0 Å². The Hall–Kier alpha value is -1.74. The topological polar surface area (TPSA) is 70.0 Å². The molecule has 0 aliphatic carbocycles. The summed E-state index contributed by atoms with van der Waals surface area (Å²) in [4.78, 5) is 17.0. The average molecular weight is 473 g/mol. The molecule has 4 atom stereocenters. The van der Waals surface area contributed by atoms with E-state index in [9.17, 15) is 0 Å². The molecule has 0 radical (unpaired) electrons. The van der Waals surface area contributed by atoms with Gasteiger partial charge in [-0.3, -0.25) is 0 Å². The molecule has 6 nitrogen and oxygen atoms in total. The largest absolute Gasteiger partial charge is 0.381 e. The molecule has 2 aromatic rings. The number of aromatic nitrogens is 4. The van der Waals surface area contributed by atoms with Crippen molar-refractivity contribution in [2.45, 2.75) is 46.5 Å². The van der Waals surface area contributed by atoms with Gasteiger partial charge in [0.1, 0.15) is 0 Å². The van der Waals surface area contributed by atoms with E-state index in [4.69, 9.17) is 9.47 Å². The molecule has 0 saturated carbocycles. The lowest BCUT2D eigenvalue weighted by molar-refractivity contribution is 0.0601. The van der Waals surface area contributed by atoms with Gasteiger partial charge in [0.15, 0.2) is 10.3 Å². The van der Waals surface area contributed by atoms with Gasteiger partial charge in [-0.05, 0) is 49.7 Å². The quantitative estimate of drug-likeness (QED) is 0.388. The molecule has 0 N–H and O–H groups in total. The number of rotatable bonds is 8. The van der Waals surface area contributed by atoms with E-state index in [1.54, 1.807) is 48.3 Å². The Morgan fingerprint density at radius 2 is 1.16 bits per heavy atom. The summed E-state index contributed by atoms with van der Waals surface area (Å²) in [7, 11) is 0. The smallest absolute Gasteiger partial charge is 0.187 e. The maximum absolute atomic E-state index is 5.50. The van der Waals surface area contributed by atoms with Crippen molar-refractivity contribution in [2.75, 3.05) is 26.4 Å². The lowest BCUT2D eigenvalue weighted by Gasteiger charge is -2.29. The third-order valence-corrected chi connectivity index (χ3v) is 8.04. The summed E-state index contributed by atoms with van der Waals surface area (Å²) in [6.07, 6.45) is 15.2. The van der Waals surface area contributed by atoms with E-state index in [0.29, 0.717) is 22.3 Å². The van der Waals surface area contributed by atoms with Crippen molar-refractivity contribution in [3.63, 3.8) is 0 Å². The minimum Gasteiger partial charge on any atom is -0.381 e. The molecule has 2 aliphatic heterocycles. The molecular formula is C24H32N4O2S2. The number of hydrogen-bond acceptors (Lipinski definition) is 8. The zero-order valence-electron chi connectivity index (χ0n) is 18.4. The van der Waals surface area contributed by atoms with Crippen LogP contribution < -0.4 is 0 Å². The zero-order chi connectivity index (χ0) is 22.4. The number of hydrogen-bond donors (Lipinski definition) is 0. The average Bonchev–Trinajstić information content (AvgIpc) is 2.84. The van der Waals surface area contributed by atoms with Crippen molar-refractivity contribution in [2.24, 2.45) is 11.8 Å². The molecule has 0 unspecified atom stereocenters. The van der Waals surface area contributed by atoms with Gasteiger partial charge in [-0.2, -0.15) is 0 Å². The predicted octanol–water partition coefficient (Wildman–Crippen LogP) is 5.10. The van der Waals surface area contributed by atoms with Crippen LogP contribution in [0.4, 0.5) is 0 Å².